The molecule has 4 heterocycles. The van der Waals surface area contributed by atoms with Crippen LogP contribution in [0.3, 0.4) is 0 Å². The quantitative estimate of drug-likeness (QED) is 0.506. The van der Waals surface area contributed by atoms with Gasteiger partial charge < -0.3 is 24.6 Å². The lowest BCUT2D eigenvalue weighted by molar-refractivity contribution is -0.140. The number of ether oxygens (including phenoxy) is 2. The summed E-state index contributed by atoms with van der Waals surface area (Å²) < 4.78 is 13.4. The molecule has 2 aliphatic rings. The standard InChI is InChI=1S/C28H35N5O4/c1-2-11-32(22-17-21(18-29-19-22)27(34)31-13-15-36-16-14-31)28(35)26-24(20-37-23-8-4-3-5-9-23)33-12-7-6-10-25(33)30-26/h3-10,12,21-22,29H,2,11,13-20H2,1H3. The molecule has 0 aliphatic carbocycles. The molecule has 1 aromatic carbocycles. The van der Waals surface area contributed by atoms with Crippen LogP contribution in [-0.2, 0) is 16.1 Å². The van der Waals surface area contributed by atoms with E-state index in [1.165, 1.54) is 0 Å². The van der Waals surface area contributed by atoms with Crippen LogP contribution in [-0.4, -0.2) is 83.0 Å². The van der Waals surface area contributed by atoms with E-state index in [4.69, 9.17) is 14.5 Å². The molecule has 9 nitrogen and oxygen atoms in total. The van der Waals surface area contributed by atoms with E-state index in [1.807, 2.05) is 68.9 Å². The second kappa shape index (κ2) is 11.7. The minimum atomic E-state index is -0.161. The first-order chi connectivity index (χ1) is 18.2. The molecule has 0 bridgehead atoms. The van der Waals surface area contributed by atoms with Gasteiger partial charge in [-0.1, -0.05) is 31.2 Å². The van der Waals surface area contributed by atoms with Gasteiger partial charge in [0.25, 0.3) is 5.91 Å². The summed E-state index contributed by atoms with van der Waals surface area (Å²) in [6, 6.07) is 15.2. The Morgan fingerprint density at radius 1 is 1.11 bits per heavy atom. The van der Waals surface area contributed by atoms with E-state index >= 15 is 0 Å². The molecule has 5 rings (SSSR count). The maximum Gasteiger partial charge on any atom is 0.274 e. The predicted octanol–water partition coefficient (Wildman–Crippen LogP) is 2.60. The summed E-state index contributed by atoms with van der Waals surface area (Å²) in [5.74, 6) is 0.599. The Labute approximate surface area is 217 Å². The second-order valence-corrected chi connectivity index (χ2v) is 9.62. The number of amides is 2. The molecule has 9 heteroatoms. The normalized spacial score (nSPS) is 20.1. The summed E-state index contributed by atoms with van der Waals surface area (Å²) >= 11 is 0. The lowest BCUT2D eigenvalue weighted by Crippen LogP contribution is -2.55. The Morgan fingerprint density at radius 3 is 2.68 bits per heavy atom. The Balaban J connectivity index is 1.38. The first-order valence-corrected chi connectivity index (χ1v) is 13.2. The molecule has 2 amide bonds. The van der Waals surface area contributed by atoms with Crippen molar-refractivity contribution in [2.75, 3.05) is 45.9 Å². The van der Waals surface area contributed by atoms with Gasteiger partial charge in [-0.05, 0) is 37.1 Å². The van der Waals surface area contributed by atoms with Gasteiger partial charge in [-0.25, -0.2) is 4.98 Å². The largest absolute Gasteiger partial charge is 0.487 e. The smallest absolute Gasteiger partial charge is 0.274 e. The number of hydrogen-bond acceptors (Lipinski definition) is 6. The highest BCUT2D eigenvalue weighted by atomic mass is 16.5. The number of nitrogens with zero attached hydrogens (tertiary/aromatic N) is 4. The van der Waals surface area contributed by atoms with Crippen LogP contribution in [0.25, 0.3) is 5.65 Å². The minimum Gasteiger partial charge on any atom is -0.487 e. The molecular formula is C28H35N5O4. The van der Waals surface area contributed by atoms with Gasteiger partial charge in [-0.2, -0.15) is 0 Å². The molecule has 2 atom stereocenters. The lowest BCUT2D eigenvalue weighted by atomic mass is 9.92. The fourth-order valence-corrected chi connectivity index (χ4v) is 5.24. The fourth-order valence-electron chi connectivity index (χ4n) is 5.24. The Morgan fingerprint density at radius 2 is 1.89 bits per heavy atom. The van der Waals surface area contributed by atoms with Crippen molar-refractivity contribution in [2.24, 2.45) is 5.92 Å². The monoisotopic (exact) mass is 505 g/mol. The number of carbonyl (C=O) groups is 2. The molecule has 0 spiro atoms. The summed E-state index contributed by atoms with van der Waals surface area (Å²) in [4.78, 5) is 35.8. The van der Waals surface area contributed by atoms with Crippen LogP contribution in [0.4, 0.5) is 0 Å². The summed E-state index contributed by atoms with van der Waals surface area (Å²) in [5.41, 5.74) is 1.82. The SMILES string of the molecule is CCCN(C(=O)c1nc2ccccn2c1COc1ccccc1)C1CNCC(C(=O)N2CCOCC2)C1. The average Bonchev–Trinajstić information content (AvgIpc) is 3.33. The first kappa shape index (κ1) is 25.2. The zero-order valence-electron chi connectivity index (χ0n) is 21.3. The highest BCUT2D eigenvalue weighted by Crippen LogP contribution is 2.24. The second-order valence-electron chi connectivity index (χ2n) is 9.62. The lowest BCUT2D eigenvalue weighted by Gasteiger charge is -2.39. The number of fused-ring (bicyclic) bond motifs is 1. The molecule has 3 aromatic rings. The zero-order valence-corrected chi connectivity index (χ0v) is 21.3. The summed E-state index contributed by atoms with van der Waals surface area (Å²) in [7, 11) is 0. The summed E-state index contributed by atoms with van der Waals surface area (Å²) in [5, 5.41) is 3.42. The van der Waals surface area contributed by atoms with Crippen molar-refractivity contribution >= 4 is 17.5 Å². The molecule has 0 saturated carbocycles. The van der Waals surface area contributed by atoms with Crippen LogP contribution in [0.15, 0.2) is 54.7 Å². The number of aromatic nitrogens is 2. The van der Waals surface area contributed by atoms with Crippen molar-refractivity contribution in [3.63, 3.8) is 0 Å². The van der Waals surface area contributed by atoms with Gasteiger partial charge in [-0.3, -0.25) is 14.0 Å². The van der Waals surface area contributed by atoms with E-state index < -0.39 is 0 Å². The topological polar surface area (TPSA) is 88.4 Å². The van der Waals surface area contributed by atoms with Gasteiger partial charge in [0.05, 0.1) is 24.8 Å². The highest BCUT2D eigenvalue weighted by Gasteiger charge is 2.36. The van der Waals surface area contributed by atoms with E-state index in [-0.39, 0.29) is 30.4 Å². The molecule has 2 unspecified atom stereocenters. The molecule has 2 fully saturated rings. The highest BCUT2D eigenvalue weighted by molar-refractivity contribution is 5.94. The van der Waals surface area contributed by atoms with Crippen molar-refractivity contribution in [1.29, 1.82) is 0 Å². The zero-order chi connectivity index (χ0) is 25.6. The molecule has 2 aliphatic heterocycles. The van der Waals surface area contributed by atoms with E-state index in [0.29, 0.717) is 63.7 Å². The summed E-state index contributed by atoms with van der Waals surface area (Å²) in [6.45, 7) is 6.58. The van der Waals surface area contributed by atoms with Crippen molar-refractivity contribution in [3.05, 3.63) is 66.1 Å². The van der Waals surface area contributed by atoms with Gasteiger partial charge in [0.15, 0.2) is 5.69 Å². The number of nitrogens with one attached hydrogen (secondary N) is 1. The van der Waals surface area contributed by atoms with E-state index in [0.717, 1.165) is 17.9 Å². The van der Waals surface area contributed by atoms with Crippen molar-refractivity contribution < 1.29 is 19.1 Å². The van der Waals surface area contributed by atoms with Crippen LogP contribution in [0.2, 0.25) is 0 Å². The molecule has 196 valence electrons. The average molecular weight is 506 g/mol. The Kier molecular flexibility index (Phi) is 8.01. The molecule has 37 heavy (non-hydrogen) atoms. The van der Waals surface area contributed by atoms with Gasteiger partial charge in [0.1, 0.15) is 18.0 Å². The van der Waals surface area contributed by atoms with Gasteiger partial charge >= 0.3 is 0 Å². The maximum atomic E-state index is 14.1. The van der Waals surface area contributed by atoms with Crippen LogP contribution < -0.4 is 10.1 Å². The number of rotatable bonds is 8. The van der Waals surface area contributed by atoms with Gasteiger partial charge in [0, 0.05) is 45.0 Å². The Bertz CT molecular complexity index is 1210. The molecule has 0 radical (unpaired) electrons. The number of imidazole rings is 1. The third-order valence-electron chi connectivity index (χ3n) is 7.12. The number of hydrogen-bond donors (Lipinski definition) is 1. The number of pyridine rings is 1. The predicted molar refractivity (Wildman–Crippen MR) is 139 cm³/mol. The van der Waals surface area contributed by atoms with Crippen LogP contribution >= 0.6 is 0 Å². The van der Waals surface area contributed by atoms with Crippen molar-refractivity contribution in [3.8, 4) is 5.75 Å². The molecule has 2 saturated heterocycles. The Hall–Kier alpha value is -3.43. The summed E-state index contributed by atoms with van der Waals surface area (Å²) in [6.07, 6.45) is 3.36. The van der Waals surface area contributed by atoms with Crippen LogP contribution in [0.5, 0.6) is 5.75 Å². The number of benzene rings is 1. The third kappa shape index (κ3) is 5.62. The molecule has 2 aromatic heterocycles. The van der Waals surface area contributed by atoms with Gasteiger partial charge in [0.2, 0.25) is 5.91 Å². The van der Waals surface area contributed by atoms with Crippen LogP contribution in [0.1, 0.15) is 35.9 Å². The maximum absolute atomic E-state index is 14.1. The van der Waals surface area contributed by atoms with Crippen LogP contribution in [0, 0.1) is 5.92 Å². The van der Waals surface area contributed by atoms with Crippen molar-refractivity contribution in [1.82, 2.24) is 24.5 Å². The van der Waals surface area contributed by atoms with E-state index in [9.17, 15) is 9.59 Å². The molecular weight excluding hydrogens is 470 g/mol. The molecule has 1 N–H and O–H groups in total. The fraction of sp³-hybridized carbons (Fsp3) is 0.464. The minimum absolute atomic E-state index is 0.0936. The van der Waals surface area contributed by atoms with Crippen molar-refractivity contribution in [2.45, 2.75) is 32.4 Å². The van der Waals surface area contributed by atoms with E-state index in [2.05, 4.69) is 12.2 Å². The number of para-hydroxylation sites is 1. The van der Waals surface area contributed by atoms with Gasteiger partial charge in [-0.15, -0.1) is 0 Å². The first-order valence-electron chi connectivity index (χ1n) is 13.2. The number of piperidine rings is 1. The number of morpholine rings is 1. The van der Waals surface area contributed by atoms with E-state index in [1.54, 1.807) is 0 Å². The third-order valence-corrected chi connectivity index (χ3v) is 7.12. The number of carbonyl (C=O) groups excluding carboxylic acids is 2.